The van der Waals surface area contributed by atoms with Crippen molar-refractivity contribution < 1.29 is 19.1 Å². The standard InChI is InChI=1S/C16H29NO4/c1-5-8-14(18)20-11-12-9-6-7-10-13(12)17-15(19)21-16(2,3)4/h12-13H,5-11H2,1-4H3,(H,17,19)/t12-,13-/m1/s1. The number of ether oxygens (including phenoxy) is 2. The van der Waals surface area contributed by atoms with Crippen LogP contribution in [-0.2, 0) is 14.3 Å². The molecule has 0 unspecified atom stereocenters. The molecular formula is C16H29NO4. The molecule has 1 amide bonds. The Labute approximate surface area is 127 Å². The third kappa shape index (κ3) is 7.34. The molecule has 1 N–H and O–H groups in total. The molecule has 1 aliphatic carbocycles. The van der Waals surface area contributed by atoms with Gasteiger partial charge in [-0.3, -0.25) is 4.79 Å². The van der Waals surface area contributed by atoms with Crippen LogP contribution in [0.5, 0.6) is 0 Å². The number of alkyl carbamates (subject to hydrolysis) is 1. The minimum atomic E-state index is -0.498. The van der Waals surface area contributed by atoms with Crippen LogP contribution in [0.4, 0.5) is 4.79 Å². The summed E-state index contributed by atoms with van der Waals surface area (Å²) >= 11 is 0. The molecule has 1 saturated carbocycles. The summed E-state index contributed by atoms with van der Waals surface area (Å²) in [5.74, 6) is 0.0335. The molecule has 0 aromatic rings. The van der Waals surface area contributed by atoms with E-state index in [1.54, 1.807) is 0 Å². The Morgan fingerprint density at radius 1 is 1.19 bits per heavy atom. The molecule has 0 aliphatic heterocycles. The van der Waals surface area contributed by atoms with Crippen LogP contribution in [0, 0.1) is 5.92 Å². The Morgan fingerprint density at radius 2 is 1.86 bits per heavy atom. The number of nitrogens with one attached hydrogen (secondary N) is 1. The van der Waals surface area contributed by atoms with Gasteiger partial charge in [-0.2, -0.15) is 0 Å². The summed E-state index contributed by atoms with van der Waals surface area (Å²) in [6, 6.07) is 0.0306. The lowest BCUT2D eigenvalue weighted by Gasteiger charge is -2.32. The molecule has 2 atom stereocenters. The van der Waals surface area contributed by atoms with Gasteiger partial charge in [-0.05, 0) is 40.0 Å². The molecule has 1 fully saturated rings. The fourth-order valence-electron chi connectivity index (χ4n) is 2.53. The van der Waals surface area contributed by atoms with Gasteiger partial charge in [-0.1, -0.05) is 19.8 Å². The van der Waals surface area contributed by atoms with Gasteiger partial charge < -0.3 is 14.8 Å². The Hall–Kier alpha value is -1.26. The predicted octanol–water partition coefficient (Wildman–Crippen LogP) is 3.41. The van der Waals surface area contributed by atoms with Gasteiger partial charge in [0.1, 0.15) is 5.60 Å². The average molecular weight is 299 g/mol. The SMILES string of the molecule is CCCC(=O)OC[C@H]1CCCC[C@H]1NC(=O)OC(C)(C)C. The number of hydrogen-bond donors (Lipinski definition) is 1. The van der Waals surface area contributed by atoms with Crippen LogP contribution in [0.25, 0.3) is 0 Å². The zero-order valence-electron chi connectivity index (χ0n) is 13.7. The lowest BCUT2D eigenvalue weighted by atomic mass is 9.85. The van der Waals surface area contributed by atoms with Gasteiger partial charge in [0.2, 0.25) is 0 Å². The van der Waals surface area contributed by atoms with Crippen molar-refractivity contribution in [2.45, 2.75) is 77.9 Å². The molecular weight excluding hydrogens is 270 g/mol. The molecule has 5 heteroatoms. The van der Waals surface area contributed by atoms with E-state index in [4.69, 9.17) is 9.47 Å². The Balaban J connectivity index is 2.45. The minimum absolute atomic E-state index is 0.0306. The number of hydrogen-bond acceptors (Lipinski definition) is 4. The third-order valence-electron chi connectivity index (χ3n) is 3.52. The molecule has 1 rings (SSSR count). The summed E-state index contributed by atoms with van der Waals surface area (Å²) in [5, 5.41) is 2.93. The van der Waals surface area contributed by atoms with Crippen LogP contribution in [0.15, 0.2) is 0 Å². The topological polar surface area (TPSA) is 64.6 Å². The molecule has 122 valence electrons. The van der Waals surface area contributed by atoms with Crippen molar-refractivity contribution in [2.75, 3.05) is 6.61 Å². The highest BCUT2D eigenvalue weighted by Crippen LogP contribution is 2.25. The number of carbonyl (C=O) groups is 2. The summed E-state index contributed by atoms with van der Waals surface area (Å²) in [4.78, 5) is 23.3. The van der Waals surface area contributed by atoms with E-state index in [9.17, 15) is 9.59 Å². The van der Waals surface area contributed by atoms with E-state index < -0.39 is 5.60 Å². The summed E-state index contributed by atoms with van der Waals surface area (Å²) in [7, 11) is 0. The van der Waals surface area contributed by atoms with Crippen molar-refractivity contribution in [3.8, 4) is 0 Å². The number of rotatable bonds is 5. The predicted molar refractivity (Wildman–Crippen MR) is 81.0 cm³/mol. The maximum atomic E-state index is 11.9. The largest absolute Gasteiger partial charge is 0.465 e. The van der Waals surface area contributed by atoms with Crippen molar-refractivity contribution in [3.63, 3.8) is 0 Å². The molecule has 0 aromatic carbocycles. The molecule has 0 bridgehead atoms. The van der Waals surface area contributed by atoms with Crippen molar-refractivity contribution >= 4 is 12.1 Å². The van der Waals surface area contributed by atoms with Crippen LogP contribution in [0.2, 0.25) is 0 Å². The van der Waals surface area contributed by atoms with Gasteiger partial charge in [-0.15, -0.1) is 0 Å². The van der Waals surface area contributed by atoms with Crippen LogP contribution in [0.1, 0.15) is 66.2 Å². The normalized spacial score (nSPS) is 22.5. The second kappa shape index (κ2) is 8.25. The van der Waals surface area contributed by atoms with Crippen LogP contribution >= 0.6 is 0 Å². The van der Waals surface area contributed by atoms with Gasteiger partial charge in [0, 0.05) is 18.4 Å². The maximum absolute atomic E-state index is 11.9. The highest BCUT2D eigenvalue weighted by molar-refractivity contribution is 5.69. The number of amides is 1. The number of carbonyl (C=O) groups excluding carboxylic acids is 2. The van der Waals surface area contributed by atoms with Crippen LogP contribution < -0.4 is 5.32 Å². The van der Waals surface area contributed by atoms with E-state index in [0.717, 1.165) is 32.1 Å². The molecule has 21 heavy (non-hydrogen) atoms. The van der Waals surface area contributed by atoms with Crippen LogP contribution in [0.3, 0.4) is 0 Å². The van der Waals surface area contributed by atoms with Crippen molar-refractivity contribution in [2.24, 2.45) is 5.92 Å². The fourth-order valence-corrected chi connectivity index (χ4v) is 2.53. The van der Waals surface area contributed by atoms with E-state index in [2.05, 4.69) is 5.32 Å². The van der Waals surface area contributed by atoms with Crippen molar-refractivity contribution in [3.05, 3.63) is 0 Å². The molecule has 1 aliphatic rings. The first-order valence-corrected chi connectivity index (χ1v) is 7.97. The highest BCUT2D eigenvalue weighted by atomic mass is 16.6. The molecule has 0 saturated heterocycles. The Morgan fingerprint density at radius 3 is 2.48 bits per heavy atom. The zero-order valence-corrected chi connectivity index (χ0v) is 13.7. The maximum Gasteiger partial charge on any atom is 0.407 e. The first kappa shape index (κ1) is 17.8. The van der Waals surface area contributed by atoms with E-state index in [-0.39, 0.29) is 24.0 Å². The quantitative estimate of drug-likeness (QED) is 0.790. The van der Waals surface area contributed by atoms with Gasteiger partial charge in [0.25, 0.3) is 0 Å². The zero-order chi connectivity index (χ0) is 15.9. The fraction of sp³-hybridized carbons (Fsp3) is 0.875. The summed E-state index contributed by atoms with van der Waals surface area (Å²) in [6.07, 6.45) is 4.94. The second-order valence-corrected chi connectivity index (χ2v) is 6.73. The molecule has 0 radical (unpaired) electrons. The third-order valence-corrected chi connectivity index (χ3v) is 3.52. The first-order valence-electron chi connectivity index (χ1n) is 7.97. The minimum Gasteiger partial charge on any atom is -0.465 e. The molecule has 5 nitrogen and oxygen atoms in total. The monoisotopic (exact) mass is 299 g/mol. The van der Waals surface area contributed by atoms with Gasteiger partial charge in [0.15, 0.2) is 0 Å². The van der Waals surface area contributed by atoms with Gasteiger partial charge in [-0.25, -0.2) is 4.79 Å². The van der Waals surface area contributed by atoms with E-state index in [1.165, 1.54) is 0 Å². The molecule has 0 aromatic heterocycles. The Kier molecular flexibility index (Phi) is 6.99. The summed E-state index contributed by atoms with van der Waals surface area (Å²) < 4.78 is 10.6. The highest BCUT2D eigenvalue weighted by Gasteiger charge is 2.29. The summed E-state index contributed by atoms with van der Waals surface area (Å²) in [6.45, 7) is 7.88. The molecule has 0 spiro atoms. The average Bonchev–Trinajstić information content (AvgIpc) is 2.35. The van der Waals surface area contributed by atoms with Gasteiger partial charge in [0.05, 0.1) is 6.61 Å². The van der Waals surface area contributed by atoms with Crippen molar-refractivity contribution in [1.82, 2.24) is 5.32 Å². The first-order chi connectivity index (χ1) is 9.81. The van der Waals surface area contributed by atoms with Crippen molar-refractivity contribution in [1.29, 1.82) is 0 Å². The van der Waals surface area contributed by atoms with E-state index in [1.807, 2.05) is 27.7 Å². The van der Waals surface area contributed by atoms with E-state index in [0.29, 0.717) is 13.0 Å². The number of esters is 1. The lowest BCUT2D eigenvalue weighted by molar-refractivity contribution is -0.145. The second-order valence-electron chi connectivity index (χ2n) is 6.73. The lowest BCUT2D eigenvalue weighted by Crippen LogP contribution is -2.45. The van der Waals surface area contributed by atoms with E-state index >= 15 is 0 Å². The van der Waals surface area contributed by atoms with Gasteiger partial charge >= 0.3 is 12.1 Å². The summed E-state index contributed by atoms with van der Waals surface area (Å²) in [5.41, 5.74) is -0.498. The molecule has 0 heterocycles. The Bertz CT molecular complexity index is 349. The van der Waals surface area contributed by atoms with Crippen LogP contribution in [-0.4, -0.2) is 30.3 Å². The smallest absolute Gasteiger partial charge is 0.407 e.